The third-order valence-electron chi connectivity index (χ3n) is 3.37. The van der Waals surface area contributed by atoms with Crippen LogP contribution in [0.3, 0.4) is 0 Å². The lowest BCUT2D eigenvalue weighted by Crippen LogP contribution is -2.32. The Balaban J connectivity index is 1.84. The summed E-state index contributed by atoms with van der Waals surface area (Å²) in [5, 5.41) is 5.10. The highest BCUT2D eigenvalue weighted by Crippen LogP contribution is 2.20. The zero-order valence-corrected chi connectivity index (χ0v) is 15.8. The summed E-state index contributed by atoms with van der Waals surface area (Å²) >= 11 is 3.36. The highest BCUT2D eigenvalue weighted by molar-refractivity contribution is 9.10. The van der Waals surface area contributed by atoms with Gasteiger partial charge in [0.2, 0.25) is 5.91 Å². The van der Waals surface area contributed by atoms with E-state index < -0.39 is 24.6 Å². The predicted octanol–water partition coefficient (Wildman–Crippen LogP) is 4.07. The molecule has 0 fully saturated rings. The average Bonchev–Trinajstić information content (AvgIpc) is 2.61. The smallest absolute Gasteiger partial charge is 0.422 e. The van der Waals surface area contributed by atoms with Crippen molar-refractivity contribution in [2.45, 2.75) is 13.1 Å². The minimum atomic E-state index is -4.43. The van der Waals surface area contributed by atoms with Crippen molar-refractivity contribution in [2.24, 2.45) is 0 Å². The Kier molecular flexibility index (Phi) is 6.84. The number of hydrogen-bond donors (Lipinski definition) is 2. The lowest BCUT2D eigenvalue weighted by Gasteiger charge is -2.10. The van der Waals surface area contributed by atoms with Crippen molar-refractivity contribution in [3.05, 3.63) is 58.1 Å². The molecule has 2 aromatic carbocycles. The second-order valence-electron chi connectivity index (χ2n) is 5.62. The van der Waals surface area contributed by atoms with Crippen molar-refractivity contribution >= 4 is 33.4 Å². The third-order valence-corrected chi connectivity index (χ3v) is 4.26. The first-order chi connectivity index (χ1) is 12.6. The molecule has 27 heavy (non-hydrogen) atoms. The molecule has 0 aliphatic rings. The maximum absolute atomic E-state index is 12.1. The molecule has 2 amide bonds. The van der Waals surface area contributed by atoms with Gasteiger partial charge in [0.1, 0.15) is 5.75 Å². The molecular weight excluding hydrogens is 429 g/mol. The van der Waals surface area contributed by atoms with Gasteiger partial charge in [-0.1, -0.05) is 15.9 Å². The number of hydrogen-bond acceptors (Lipinski definition) is 3. The number of alkyl halides is 3. The maximum atomic E-state index is 12.1. The van der Waals surface area contributed by atoms with Gasteiger partial charge in [-0.3, -0.25) is 9.59 Å². The lowest BCUT2D eigenvalue weighted by atomic mass is 10.2. The van der Waals surface area contributed by atoms with E-state index in [1.54, 1.807) is 18.2 Å². The fourth-order valence-corrected chi connectivity index (χ4v) is 2.30. The number of carbonyl (C=O) groups is 2. The van der Waals surface area contributed by atoms with Crippen LogP contribution >= 0.6 is 15.9 Å². The average molecular weight is 445 g/mol. The van der Waals surface area contributed by atoms with Crippen molar-refractivity contribution in [1.29, 1.82) is 0 Å². The molecule has 9 heteroatoms. The molecule has 0 bridgehead atoms. The predicted molar refractivity (Wildman–Crippen MR) is 97.8 cm³/mol. The molecule has 144 valence electrons. The maximum Gasteiger partial charge on any atom is 0.422 e. The van der Waals surface area contributed by atoms with Crippen LogP contribution in [0.15, 0.2) is 46.9 Å². The summed E-state index contributed by atoms with van der Waals surface area (Å²) < 4.78 is 41.8. The zero-order chi connectivity index (χ0) is 20.0. The third kappa shape index (κ3) is 6.93. The van der Waals surface area contributed by atoms with Crippen LogP contribution in [-0.4, -0.2) is 31.1 Å². The van der Waals surface area contributed by atoms with Gasteiger partial charge in [-0.15, -0.1) is 0 Å². The van der Waals surface area contributed by atoms with Crippen LogP contribution in [0.25, 0.3) is 0 Å². The highest BCUT2D eigenvalue weighted by Gasteiger charge is 2.28. The second-order valence-corrected chi connectivity index (χ2v) is 6.48. The van der Waals surface area contributed by atoms with Gasteiger partial charge in [0, 0.05) is 15.7 Å². The Morgan fingerprint density at radius 1 is 1.11 bits per heavy atom. The Morgan fingerprint density at radius 2 is 1.78 bits per heavy atom. The number of aryl methyl sites for hydroxylation is 1. The Hall–Kier alpha value is -2.55. The Morgan fingerprint density at radius 3 is 2.37 bits per heavy atom. The number of halogens is 4. The van der Waals surface area contributed by atoms with E-state index >= 15 is 0 Å². The van der Waals surface area contributed by atoms with Crippen molar-refractivity contribution < 1.29 is 27.5 Å². The van der Waals surface area contributed by atoms with Gasteiger partial charge in [0.05, 0.1) is 6.54 Å². The number of ether oxygens (including phenoxy) is 1. The molecule has 0 aromatic heterocycles. The first-order valence-corrected chi connectivity index (χ1v) is 8.57. The molecule has 0 saturated heterocycles. The molecule has 0 unspecified atom stereocenters. The molecule has 0 aliphatic carbocycles. The van der Waals surface area contributed by atoms with Gasteiger partial charge >= 0.3 is 6.18 Å². The molecule has 0 radical (unpaired) electrons. The zero-order valence-electron chi connectivity index (χ0n) is 14.2. The standard InChI is InChI=1S/C18H16BrF3N2O3/c1-11-8-13(4-7-15(11)19)24-16(25)9-23-17(26)12-2-5-14(6-3-12)27-10-18(20,21)22/h2-8H,9-10H2,1H3,(H,23,26)(H,24,25). The van der Waals surface area contributed by atoms with Crippen LogP contribution in [0.1, 0.15) is 15.9 Å². The molecule has 0 spiro atoms. The fraction of sp³-hybridized carbons (Fsp3) is 0.222. The summed E-state index contributed by atoms with van der Waals surface area (Å²) in [5.41, 5.74) is 1.74. The van der Waals surface area contributed by atoms with E-state index in [1.807, 2.05) is 6.92 Å². The summed E-state index contributed by atoms with van der Waals surface area (Å²) in [6, 6.07) is 10.4. The summed E-state index contributed by atoms with van der Waals surface area (Å²) in [5.74, 6) is -0.943. The largest absolute Gasteiger partial charge is 0.484 e. The first-order valence-electron chi connectivity index (χ1n) is 7.78. The Labute approximate surface area is 162 Å². The van der Waals surface area contributed by atoms with Crippen LogP contribution in [0, 0.1) is 6.92 Å². The van der Waals surface area contributed by atoms with Gasteiger partial charge in [-0.2, -0.15) is 13.2 Å². The van der Waals surface area contributed by atoms with Gasteiger partial charge < -0.3 is 15.4 Å². The number of nitrogens with one attached hydrogen (secondary N) is 2. The number of benzene rings is 2. The van der Waals surface area contributed by atoms with E-state index in [0.717, 1.165) is 10.0 Å². The van der Waals surface area contributed by atoms with E-state index in [4.69, 9.17) is 0 Å². The molecule has 2 aromatic rings. The van der Waals surface area contributed by atoms with E-state index in [0.29, 0.717) is 5.69 Å². The molecular formula is C18H16BrF3N2O3. The number of rotatable bonds is 6. The van der Waals surface area contributed by atoms with Gasteiger partial charge in [-0.25, -0.2) is 0 Å². The van der Waals surface area contributed by atoms with Gasteiger partial charge in [0.25, 0.3) is 5.91 Å². The quantitative estimate of drug-likeness (QED) is 0.705. The Bertz CT molecular complexity index is 824. The minimum absolute atomic E-state index is 0.00720. The fourth-order valence-electron chi connectivity index (χ4n) is 2.06. The van der Waals surface area contributed by atoms with E-state index in [1.165, 1.54) is 24.3 Å². The number of amides is 2. The monoisotopic (exact) mass is 444 g/mol. The summed E-state index contributed by atoms with van der Waals surface area (Å²) in [4.78, 5) is 23.9. The van der Waals surface area contributed by atoms with E-state index in [-0.39, 0.29) is 17.9 Å². The van der Waals surface area contributed by atoms with Crippen molar-refractivity contribution in [1.82, 2.24) is 5.32 Å². The normalized spacial score (nSPS) is 11.0. The van der Waals surface area contributed by atoms with Crippen LogP contribution in [0.5, 0.6) is 5.75 Å². The SMILES string of the molecule is Cc1cc(NC(=O)CNC(=O)c2ccc(OCC(F)(F)F)cc2)ccc1Br. The molecule has 0 atom stereocenters. The van der Waals surface area contributed by atoms with Gasteiger partial charge in [-0.05, 0) is 55.0 Å². The number of anilines is 1. The van der Waals surface area contributed by atoms with E-state index in [2.05, 4.69) is 31.3 Å². The summed E-state index contributed by atoms with van der Waals surface area (Å²) in [7, 11) is 0. The van der Waals surface area contributed by atoms with Crippen LogP contribution < -0.4 is 15.4 Å². The number of carbonyl (C=O) groups excluding carboxylic acids is 2. The van der Waals surface area contributed by atoms with E-state index in [9.17, 15) is 22.8 Å². The molecule has 5 nitrogen and oxygen atoms in total. The molecule has 2 rings (SSSR count). The van der Waals surface area contributed by atoms with Crippen LogP contribution in [0.2, 0.25) is 0 Å². The topological polar surface area (TPSA) is 67.4 Å². The summed E-state index contributed by atoms with van der Waals surface area (Å²) in [6.07, 6.45) is -4.43. The summed E-state index contributed by atoms with van der Waals surface area (Å²) in [6.45, 7) is 0.220. The lowest BCUT2D eigenvalue weighted by molar-refractivity contribution is -0.153. The van der Waals surface area contributed by atoms with Crippen LogP contribution in [-0.2, 0) is 4.79 Å². The first kappa shape index (κ1) is 20.8. The molecule has 0 heterocycles. The molecule has 0 saturated carbocycles. The molecule has 2 N–H and O–H groups in total. The van der Waals surface area contributed by atoms with Crippen molar-refractivity contribution in [2.75, 3.05) is 18.5 Å². The second kappa shape index (κ2) is 8.90. The highest BCUT2D eigenvalue weighted by atomic mass is 79.9. The minimum Gasteiger partial charge on any atom is -0.484 e. The van der Waals surface area contributed by atoms with Crippen LogP contribution in [0.4, 0.5) is 18.9 Å². The van der Waals surface area contributed by atoms with Crippen molar-refractivity contribution in [3.8, 4) is 5.75 Å². The van der Waals surface area contributed by atoms with Gasteiger partial charge in [0.15, 0.2) is 6.61 Å². The van der Waals surface area contributed by atoms with Crippen molar-refractivity contribution in [3.63, 3.8) is 0 Å². The molecule has 0 aliphatic heterocycles.